The van der Waals surface area contributed by atoms with Crippen molar-refractivity contribution >= 4 is 17.4 Å². The van der Waals surface area contributed by atoms with E-state index in [0.29, 0.717) is 41.7 Å². The molecule has 1 heterocycles. The SMILES string of the molecule is C=C(C)[C@@H]1CC[C@]2(C(=O)NCc3ccccn3)CC[C@]3(C)C(CCC4[C@@]5(C)CC=C(c6ccc(C(=O)O)cc6)C(C)(C)C5CC[C@]43C)C12. The van der Waals surface area contributed by atoms with Crippen molar-refractivity contribution in [2.75, 3.05) is 0 Å². The van der Waals surface area contributed by atoms with Crippen LogP contribution < -0.4 is 5.32 Å². The number of hydrogen-bond donors (Lipinski definition) is 2. The van der Waals surface area contributed by atoms with E-state index in [2.05, 4.69) is 64.5 Å². The molecule has 0 aliphatic heterocycles. The zero-order valence-corrected chi connectivity index (χ0v) is 30.1. The van der Waals surface area contributed by atoms with Crippen LogP contribution in [0.3, 0.4) is 0 Å². The number of benzene rings is 1. The summed E-state index contributed by atoms with van der Waals surface area (Å²) in [4.78, 5) is 30.4. The quantitative estimate of drug-likeness (QED) is 0.306. The highest BCUT2D eigenvalue weighted by Crippen LogP contribution is 2.77. The number of pyridine rings is 1. The number of aromatic carboxylic acids is 1. The van der Waals surface area contributed by atoms with E-state index in [0.717, 1.165) is 43.4 Å². The predicted octanol–water partition coefficient (Wildman–Crippen LogP) is 9.75. The van der Waals surface area contributed by atoms with Gasteiger partial charge in [0, 0.05) is 6.20 Å². The molecule has 7 rings (SSSR count). The molecule has 0 bridgehead atoms. The van der Waals surface area contributed by atoms with Gasteiger partial charge in [-0.15, -0.1) is 0 Å². The van der Waals surface area contributed by atoms with Crippen LogP contribution in [0, 0.1) is 56.7 Å². The van der Waals surface area contributed by atoms with Crippen LogP contribution in [0.2, 0.25) is 0 Å². The van der Waals surface area contributed by atoms with Gasteiger partial charge in [0.25, 0.3) is 0 Å². The zero-order valence-electron chi connectivity index (χ0n) is 30.1. The zero-order chi connectivity index (χ0) is 34.3. The van der Waals surface area contributed by atoms with Gasteiger partial charge in [-0.3, -0.25) is 9.78 Å². The number of nitrogens with one attached hydrogen (secondary N) is 1. The Labute approximate surface area is 288 Å². The minimum absolute atomic E-state index is 0.0132. The average Bonchev–Trinajstić information content (AvgIpc) is 3.46. The van der Waals surface area contributed by atoms with E-state index in [1.54, 1.807) is 18.3 Å². The molecule has 5 aliphatic carbocycles. The molecule has 1 aromatic heterocycles. The van der Waals surface area contributed by atoms with Crippen molar-refractivity contribution in [2.45, 2.75) is 106 Å². The fourth-order valence-electron chi connectivity index (χ4n) is 13.3. The molecule has 0 saturated heterocycles. The maximum Gasteiger partial charge on any atom is 0.335 e. The van der Waals surface area contributed by atoms with Crippen LogP contribution in [0.5, 0.6) is 0 Å². The lowest BCUT2D eigenvalue weighted by Crippen LogP contribution is -2.66. The summed E-state index contributed by atoms with van der Waals surface area (Å²) in [5, 5.41) is 12.8. The summed E-state index contributed by atoms with van der Waals surface area (Å²) in [7, 11) is 0. The first kappa shape index (κ1) is 33.3. The monoisotopic (exact) mass is 648 g/mol. The molecule has 5 heteroatoms. The molecule has 1 aromatic carbocycles. The fraction of sp³-hybridized carbons (Fsp3) is 0.605. The van der Waals surface area contributed by atoms with Crippen molar-refractivity contribution in [3.8, 4) is 0 Å². The lowest BCUT2D eigenvalue weighted by molar-refractivity contribution is -0.225. The summed E-state index contributed by atoms with van der Waals surface area (Å²) >= 11 is 0. The van der Waals surface area contributed by atoms with Crippen LogP contribution in [0.25, 0.3) is 5.57 Å². The summed E-state index contributed by atoms with van der Waals surface area (Å²) in [6.07, 6.45) is 14.3. The van der Waals surface area contributed by atoms with Gasteiger partial charge in [0.05, 0.1) is 23.2 Å². The number of hydrogen-bond acceptors (Lipinski definition) is 3. The molecule has 1 amide bonds. The molecule has 48 heavy (non-hydrogen) atoms. The van der Waals surface area contributed by atoms with Crippen LogP contribution in [0.1, 0.15) is 121 Å². The van der Waals surface area contributed by atoms with E-state index in [-0.39, 0.29) is 33.0 Å². The van der Waals surface area contributed by atoms with Gasteiger partial charge in [0.2, 0.25) is 5.91 Å². The van der Waals surface area contributed by atoms with E-state index >= 15 is 0 Å². The van der Waals surface area contributed by atoms with Crippen molar-refractivity contribution in [2.24, 2.45) is 56.7 Å². The molecule has 0 radical (unpaired) electrons. The summed E-state index contributed by atoms with van der Waals surface area (Å²) in [6, 6.07) is 13.4. The number of carboxylic acid groups (broad SMARTS) is 1. The standard InChI is InChI=1S/C43H56N2O3/c1-27(2)31-17-22-43(38(48)45-26-30-10-8-9-25-44-30)24-23-41(6)33(36(31)43)15-16-35-40(5)20-18-32(28-11-13-29(14-12-28)37(46)47)39(3,4)34(40)19-21-42(35,41)7/h8-14,18,25,31,33-36H,1,15-17,19-24,26H2,2-7H3,(H,45,48)(H,46,47)/t31-,33?,34?,35?,36?,40-,41+,42+,43-/m0/s1. The van der Waals surface area contributed by atoms with E-state index in [4.69, 9.17) is 0 Å². The van der Waals surface area contributed by atoms with E-state index < -0.39 is 5.97 Å². The summed E-state index contributed by atoms with van der Waals surface area (Å²) in [6.45, 7) is 20.0. The molecule has 0 spiro atoms. The van der Waals surface area contributed by atoms with Crippen molar-refractivity contribution in [1.29, 1.82) is 0 Å². The third kappa shape index (κ3) is 4.65. The van der Waals surface area contributed by atoms with Gasteiger partial charge in [-0.25, -0.2) is 4.79 Å². The van der Waals surface area contributed by atoms with Crippen molar-refractivity contribution in [3.05, 3.63) is 83.7 Å². The lowest BCUT2D eigenvalue weighted by atomic mass is 9.32. The highest BCUT2D eigenvalue weighted by molar-refractivity contribution is 5.88. The largest absolute Gasteiger partial charge is 0.478 e. The van der Waals surface area contributed by atoms with Crippen LogP contribution in [0.4, 0.5) is 0 Å². The maximum absolute atomic E-state index is 14.4. The maximum atomic E-state index is 14.4. The molecule has 5 aliphatic rings. The second kappa shape index (κ2) is 11.4. The highest BCUT2D eigenvalue weighted by atomic mass is 16.4. The van der Waals surface area contributed by atoms with Gasteiger partial charge in [-0.2, -0.15) is 0 Å². The Hall–Kier alpha value is -3.21. The van der Waals surface area contributed by atoms with E-state index in [1.807, 2.05) is 30.3 Å². The summed E-state index contributed by atoms with van der Waals surface area (Å²) < 4.78 is 0. The number of carboxylic acids is 1. The van der Waals surface area contributed by atoms with Crippen LogP contribution >= 0.6 is 0 Å². The second-order valence-corrected chi connectivity index (χ2v) is 17.8. The van der Waals surface area contributed by atoms with Gasteiger partial charge in [-0.05, 0) is 151 Å². The molecule has 256 valence electrons. The van der Waals surface area contributed by atoms with Crippen LogP contribution in [0.15, 0.2) is 66.9 Å². The lowest BCUT2D eigenvalue weighted by Gasteiger charge is -2.72. The molecule has 2 aromatic rings. The number of carbonyl (C=O) groups excluding carboxylic acids is 1. The van der Waals surface area contributed by atoms with Gasteiger partial charge in [0.1, 0.15) is 0 Å². The number of allylic oxidation sites excluding steroid dienone is 3. The average molecular weight is 649 g/mol. The topological polar surface area (TPSA) is 79.3 Å². The Balaban J connectivity index is 1.20. The first-order chi connectivity index (χ1) is 22.7. The van der Waals surface area contributed by atoms with Crippen LogP contribution in [-0.2, 0) is 11.3 Å². The molecular weight excluding hydrogens is 592 g/mol. The fourth-order valence-corrected chi connectivity index (χ4v) is 13.3. The minimum atomic E-state index is -0.876. The first-order valence-electron chi connectivity index (χ1n) is 18.6. The Bertz CT molecular complexity index is 1640. The molecular formula is C43H56N2O3. The number of nitrogens with zero attached hydrogens (tertiary/aromatic N) is 1. The molecule has 4 fully saturated rings. The summed E-state index contributed by atoms with van der Waals surface area (Å²) in [5.74, 6) is 1.78. The number of amides is 1. The third-order valence-electron chi connectivity index (χ3n) is 15.7. The normalized spacial score (nSPS) is 39.5. The van der Waals surface area contributed by atoms with Crippen molar-refractivity contribution in [3.63, 3.8) is 0 Å². The number of rotatable bonds is 6. The Morgan fingerprint density at radius 2 is 1.65 bits per heavy atom. The third-order valence-corrected chi connectivity index (χ3v) is 15.7. The molecule has 5 nitrogen and oxygen atoms in total. The first-order valence-corrected chi connectivity index (χ1v) is 18.6. The summed E-state index contributed by atoms with van der Waals surface area (Å²) in [5.41, 5.74) is 5.26. The second-order valence-electron chi connectivity index (χ2n) is 17.8. The van der Waals surface area contributed by atoms with Crippen molar-refractivity contribution < 1.29 is 14.7 Å². The molecule has 2 N–H and O–H groups in total. The Morgan fingerprint density at radius 1 is 0.896 bits per heavy atom. The van der Waals surface area contributed by atoms with Crippen LogP contribution in [-0.4, -0.2) is 22.0 Å². The smallest absolute Gasteiger partial charge is 0.335 e. The molecule has 4 unspecified atom stereocenters. The number of fused-ring (bicyclic) bond motifs is 7. The number of carbonyl (C=O) groups is 2. The minimum Gasteiger partial charge on any atom is -0.478 e. The molecule has 4 saturated carbocycles. The predicted molar refractivity (Wildman–Crippen MR) is 192 cm³/mol. The highest BCUT2D eigenvalue weighted by Gasteiger charge is 2.71. The number of aromatic nitrogens is 1. The molecule has 9 atom stereocenters. The van der Waals surface area contributed by atoms with Crippen molar-refractivity contribution in [1.82, 2.24) is 10.3 Å². The van der Waals surface area contributed by atoms with E-state index in [1.165, 1.54) is 36.8 Å². The van der Waals surface area contributed by atoms with Gasteiger partial charge >= 0.3 is 5.97 Å². The van der Waals surface area contributed by atoms with E-state index in [9.17, 15) is 14.7 Å². The van der Waals surface area contributed by atoms with Gasteiger partial charge in [-0.1, -0.05) is 71.0 Å². The Morgan fingerprint density at radius 3 is 2.31 bits per heavy atom. The Kier molecular flexibility index (Phi) is 7.92. The van der Waals surface area contributed by atoms with Gasteiger partial charge < -0.3 is 10.4 Å². The van der Waals surface area contributed by atoms with Gasteiger partial charge in [0.15, 0.2) is 0 Å².